The number of halogens is 1. The van der Waals surface area contributed by atoms with E-state index < -0.39 is 0 Å². The molecule has 102 valence electrons. The van der Waals surface area contributed by atoms with Crippen LogP contribution in [0.4, 0.5) is 4.39 Å². The molecule has 0 fully saturated rings. The predicted molar refractivity (Wildman–Crippen MR) is 74.6 cm³/mol. The highest BCUT2D eigenvalue weighted by Gasteiger charge is 2.20. The van der Waals surface area contributed by atoms with Gasteiger partial charge in [0.1, 0.15) is 11.6 Å². The first-order valence-corrected chi connectivity index (χ1v) is 6.67. The lowest BCUT2D eigenvalue weighted by Crippen LogP contribution is -2.26. The van der Waals surface area contributed by atoms with Crippen molar-refractivity contribution in [3.8, 4) is 0 Å². The molecule has 0 saturated carbocycles. The van der Waals surface area contributed by atoms with Crippen LogP contribution in [-0.4, -0.2) is 16.1 Å². The fourth-order valence-corrected chi connectivity index (χ4v) is 2.32. The summed E-state index contributed by atoms with van der Waals surface area (Å²) >= 11 is 0. The van der Waals surface area contributed by atoms with Crippen LogP contribution < -0.4 is 5.32 Å². The minimum absolute atomic E-state index is 0.0735. The van der Waals surface area contributed by atoms with Crippen LogP contribution in [0, 0.1) is 12.7 Å². The lowest BCUT2D eigenvalue weighted by molar-refractivity contribution is 0.550. The molecule has 1 aromatic carbocycles. The van der Waals surface area contributed by atoms with Crippen LogP contribution in [0.1, 0.15) is 36.8 Å². The first-order chi connectivity index (χ1) is 9.17. The van der Waals surface area contributed by atoms with Gasteiger partial charge in [-0.3, -0.25) is 0 Å². The molecule has 0 saturated heterocycles. The minimum Gasteiger partial charge on any atom is -0.334 e. The third kappa shape index (κ3) is 2.84. The molecule has 2 rings (SSSR count). The van der Waals surface area contributed by atoms with Crippen LogP contribution in [0.2, 0.25) is 0 Å². The molecule has 1 atom stereocenters. The van der Waals surface area contributed by atoms with E-state index >= 15 is 0 Å². The highest BCUT2D eigenvalue weighted by molar-refractivity contribution is 5.33. The van der Waals surface area contributed by atoms with Crippen molar-refractivity contribution in [3.63, 3.8) is 0 Å². The van der Waals surface area contributed by atoms with Gasteiger partial charge in [0.05, 0.1) is 6.04 Å². The highest BCUT2D eigenvalue weighted by Crippen LogP contribution is 2.24. The summed E-state index contributed by atoms with van der Waals surface area (Å²) in [4.78, 5) is 4.43. The Morgan fingerprint density at radius 1 is 1.37 bits per heavy atom. The van der Waals surface area contributed by atoms with E-state index in [9.17, 15) is 4.39 Å². The van der Waals surface area contributed by atoms with Crippen molar-refractivity contribution in [1.29, 1.82) is 0 Å². The number of hydrogen-bond donors (Lipinski definition) is 1. The molecule has 0 radical (unpaired) electrons. The molecule has 3 nitrogen and oxygen atoms in total. The molecule has 2 aromatic rings. The van der Waals surface area contributed by atoms with Gasteiger partial charge in [0.2, 0.25) is 0 Å². The molecule has 0 bridgehead atoms. The molecule has 0 aliphatic rings. The summed E-state index contributed by atoms with van der Waals surface area (Å²) in [5.74, 6) is 0.719. The number of rotatable bonds is 5. The standard InChI is InChI=1S/C15H20FN3/c1-4-17-14(15-18-8-9-19(15)5-2)13-10-12(16)7-6-11(13)3/h6-10,14,17H,4-5H2,1-3H3. The topological polar surface area (TPSA) is 29.9 Å². The fourth-order valence-electron chi connectivity index (χ4n) is 2.32. The number of hydrogen-bond acceptors (Lipinski definition) is 2. The number of aromatic nitrogens is 2. The molecule has 0 aliphatic carbocycles. The van der Waals surface area contributed by atoms with Crippen LogP contribution in [0.5, 0.6) is 0 Å². The number of nitrogens with zero attached hydrogens (tertiary/aromatic N) is 2. The molecular weight excluding hydrogens is 241 g/mol. The summed E-state index contributed by atoms with van der Waals surface area (Å²) in [6.07, 6.45) is 3.74. The molecule has 1 N–H and O–H groups in total. The van der Waals surface area contributed by atoms with E-state index in [1.54, 1.807) is 12.3 Å². The maximum absolute atomic E-state index is 13.5. The van der Waals surface area contributed by atoms with Gasteiger partial charge in [0.15, 0.2) is 0 Å². The van der Waals surface area contributed by atoms with Gasteiger partial charge in [-0.1, -0.05) is 13.0 Å². The molecule has 0 spiro atoms. The van der Waals surface area contributed by atoms with Crippen molar-refractivity contribution in [2.75, 3.05) is 6.54 Å². The summed E-state index contributed by atoms with van der Waals surface area (Å²) < 4.78 is 15.6. The van der Waals surface area contributed by atoms with E-state index in [0.717, 1.165) is 30.0 Å². The predicted octanol–water partition coefficient (Wildman–Crippen LogP) is 3.05. The normalized spacial score (nSPS) is 12.6. The third-order valence-corrected chi connectivity index (χ3v) is 3.31. The third-order valence-electron chi connectivity index (χ3n) is 3.31. The second kappa shape index (κ2) is 5.97. The van der Waals surface area contributed by atoms with Crippen LogP contribution in [0.15, 0.2) is 30.6 Å². The Morgan fingerprint density at radius 3 is 2.84 bits per heavy atom. The molecule has 1 heterocycles. The van der Waals surface area contributed by atoms with Crippen molar-refractivity contribution >= 4 is 0 Å². The molecule has 1 unspecified atom stereocenters. The Kier molecular flexibility index (Phi) is 4.32. The summed E-state index contributed by atoms with van der Waals surface area (Å²) in [6.45, 7) is 7.77. The monoisotopic (exact) mass is 261 g/mol. The Balaban J connectivity index is 2.48. The summed E-state index contributed by atoms with van der Waals surface area (Å²) in [6, 6.07) is 4.83. The number of benzene rings is 1. The Bertz CT molecular complexity index is 548. The minimum atomic E-state index is -0.210. The van der Waals surface area contributed by atoms with Gasteiger partial charge in [0, 0.05) is 18.9 Å². The van der Waals surface area contributed by atoms with Crippen molar-refractivity contribution in [2.24, 2.45) is 0 Å². The molecule has 0 amide bonds. The Morgan fingerprint density at radius 2 is 2.16 bits per heavy atom. The zero-order valence-corrected chi connectivity index (χ0v) is 11.7. The van der Waals surface area contributed by atoms with Gasteiger partial charge in [-0.25, -0.2) is 9.37 Å². The van der Waals surface area contributed by atoms with Gasteiger partial charge in [0.25, 0.3) is 0 Å². The van der Waals surface area contributed by atoms with Gasteiger partial charge >= 0.3 is 0 Å². The second-order valence-electron chi connectivity index (χ2n) is 4.56. The smallest absolute Gasteiger partial charge is 0.130 e. The van der Waals surface area contributed by atoms with E-state index in [0.29, 0.717) is 0 Å². The largest absolute Gasteiger partial charge is 0.334 e. The average Bonchev–Trinajstić information content (AvgIpc) is 2.87. The number of aryl methyl sites for hydroxylation is 2. The van der Waals surface area contributed by atoms with Crippen LogP contribution in [0.25, 0.3) is 0 Å². The first-order valence-electron chi connectivity index (χ1n) is 6.67. The Labute approximate surface area is 113 Å². The zero-order valence-electron chi connectivity index (χ0n) is 11.7. The van der Waals surface area contributed by atoms with E-state index in [-0.39, 0.29) is 11.9 Å². The maximum atomic E-state index is 13.5. The summed E-state index contributed by atoms with van der Waals surface area (Å²) in [7, 11) is 0. The summed E-state index contributed by atoms with van der Waals surface area (Å²) in [5.41, 5.74) is 2.01. The molecular formula is C15H20FN3. The lowest BCUT2D eigenvalue weighted by atomic mass is 10.00. The van der Waals surface area contributed by atoms with Gasteiger partial charge in [-0.05, 0) is 43.7 Å². The number of imidazole rings is 1. The first kappa shape index (κ1) is 13.7. The van der Waals surface area contributed by atoms with Crippen molar-refractivity contribution in [1.82, 2.24) is 14.9 Å². The SMILES string of the molecule is CCNC(c1cc(F)ccc1C)c1nccn1CC. The van der Waals surface area contributed by atoms with E-state index in [1.807, 2.05) is 26.1 Å². The lowest BCUT2D eigenvalue weighted by Gasteiger charge is -2.21. The van der Waals surface area contributed by atoms with Crippen molar-refractivity contribution in [3.05, 3.63) is 53.4 Å². The molecule has 19 heavy (non-hydrogen) atoms. The van der Waals surface area contributed by atoms with Crippen LogP contribution in [0.3, 0.4) is 0 Å². The van der Waals surface area contributed by atoms with E-state index in [2.05, 4.69) is 21.8 Å². The molecule has 1 aromatic heterocycles. The highest BCUT2D eigenvalue weighted by atomic mass is 19.1. The second-order valence-corrected chi connectivity index (χ2v) is 4.56. The Hall–Kier alpha value is -1.68. The maximum Gasteiger partial charge on any atom is 0.130 e. The molecule has 4 heteroatoms. The van der Waals surface area contributed by atoms with E-state index in [1.165, 1.54) is 6.07 Å². The van der Waals surface area contributed by atoms with E-state index in [4.69, 9.17) is 0 Å². The van der Waals surface area contributed by atoms with Gasteiger partial charge in [-0.15, -0.1) is 0 Å². The molecule has 0 aliphatic heterocycles. The van der Waals surface area contributed by atoms with Gasteiger partial charge < -0.3 is 9.88 Å². The zero-order chi connectivity index (χ0) is 13.8. The van der Waals surface area contributed by atoms with Crippen LogP contribution in [-0.2, 0) is 6.54 Å². The van der Waals surface area contributed by atoms with Gasteiger partial charge in [-0.2, -0.15) is 0 Å². The fraction of sp³-hybridized carbons (Fsp3) is 0.400. The van der Waals surface area contributed by atoms with Crippen LogP contribution >= 0.6 is 0 Å². The summed E-state index contributed by atoms with van der Waals surface area (Å²) in [5, 5.41) is 3.39. The quantitative estimate of drug-likeness (QED) is 0.896. The number of nitrogens with one attached hydrogen (secondary N) is 1. The van der Waals surface area contributed by atoms with Crippen molar-refractivity contribution in [2.45, 2.75) is 33.4 Å². The average molecular weight is 261 g/mol. The van der Waals surface area contributed by atoms with Crippen molar-refractivity contribution < 1.29 is 4.39 Å².